The SMILES string of the molecule is CC(CO)N(C)Cc1ccc(C(=O)O)cn1. The van der Waals surface area contributed by atoms with Gasteiger partial charge in [-0.25, -0.2) is 4.79 Å². The molecule has 0 bridgehead atoms. The van der Waals surface area contributed by atoms with Gasteiger partial charge in [0, 0.05) is 18.8 Å². The van der Waals surface area contributed by atoms with Gasteiger partial charge < -0.3 is 10.2 Å². The van der Waals surface area contributed by atoms with E-state index in [9.17, 15) is 4.79 Å². The summed E-state index contributed by atoms with van der Waals surface area (Å²) in [6.45, 7) is 2.58. The van der Waals surface area contributed by atoms with Crippen LogP contribution in [0.2, 0.25) is 0 Å². The van der Waals surface area contributed by atoms with Gasteiger partial charge in [0.2, 0.25) is 0 Å². The van der Waals surface area contributed by atoms with Crippen molar-refractivity contribution in [3.8, 4) is 0 Å². The van der Waals surface area contributed by atoms with Gasteiger partial charge in [-0.3, -0.25) is 9.88 Å². The van der Waals surface area contributed by atoms with Crippen molar-refractivity contribution < 1.29 is 15.0 Å². The third-order valence-corrected chi connectivity index (χ3v) is 2.50. The Balaban J connectivity index is 2.65. The summed E-state index contributed by atoms with van der Waals surface area (Å²) in [6, 6.07) is 3.27. The average molecular weight is 224 g/mol. The van der Waals surface area contributed by atoms with Crippen LogP contribution in [-0.4, -0.2) is 45.8 Å². The van der Waals surface area contributed by atoms with Crippen LogP contribution >= 0.6 is 0 Å². The van der Waals surface area contributed by atoms with Crippen molar-refractivity contribution in [2.24, 2.45) is 0 Å². The second kappa shape index (κ2) is 5.58. The zero-order valence-corrected chi connectivity index (χ0v) is 9.42. The number of carboxylic acid groups (broad SMARTS) is 1. The van der Waals surface area contributed by atoms with Crippen LogP contribution in [-0.2, 0) is 6.54 Å². The molecule has 0 saturated heterocycles. The van der Waals surface area contributed by atoms with E-state index in [0.717, 1.165) is 5.69 Å². The van der Waals surface area contributed by atoms with Gasteiger partial charge in [0.15, 0.2) is 0 Å². The van der Waals surface area contributed by atoms with Crippen molar-refractivity contribution in [1.29, 1.82) is 0 Å². The van der Waals surface area contributed by atoms with Gasteiger partial charge in [-0.15, -0.1) is 0 Å². The molecule has 1 aromatic heterocycles. The summed E-state index contributed by atoms with van der Waals surface area (Å²) in [6.07, 6.45) is 1.34. The molecule has 0 fully saturated rings. The van der Waals surface area contributed by atoms with Gasteiger partial charge >= 0.3 is 5.97 Å². The Morgan fingerprint density at radius 2 is 2.25 bits per heavy atom. The highest BCUT2D eigenvalue weighted by molar-refractivity contribution is 5.87. The Morgan fingerprint density at radius 1 is 1.56 bits per heavy atom. The average Bonchev–Trinajstić information content (AvgIpc) is 2.28. The number of carbonyl (C=O) groups is 1. The number of rotatable bonds is 5. The van der Waals surface area contributed by atoms with Crippen molar-refractivity contribution in [2.75, 3.05) is 13.7 Å². The van der Waals surface area contributed by atoms with Crippen LogP contribution in [0.5, 0.6) is 0 Å². The van der Waals surface area contributed by atoms with Gasteiger partial charge in [-0.1, -0.05) is 0 Å². The monoisotopic (exact) mass is 224 g/mol. The lowest BCUT2D eigenvalue weighted by molar-refractivity contribution is 0.0696. The lowest BCUT2D eigenvalue weighted by Crippen LogP contribution is -2.31. The molecule has 88 valence electrons. The van der Waals surface area contributed by atoms with Crippen LogP contribution in [0.15, 0.2) is 18.3 Å². The molecule has 1 heterocycles. The van der Waals surface area contributed by atoms with Crippen LogP contribution in [0.4, 0.5) is 0 Å². The minimum absolute atomic E-state index is 0.0564. The fourth-order valence-electron chi connectivity index (χ4n) is 1.20. The minimum Gasteiger partial charge on any atom is -0.478 e. The largest absolute Gasteiger partial charge is 0.478 e. The zero-order chi connectivity index (χ0) is 12.1. The first-order valence-corrected chi connectivity index (χ1v) is 5.04. The third-order valence-electron chi connectivity index (χ3n) is 2.50. The summed E-state index contributed by atoms with van der Waals surface area (Å²) in [5, 5.41) is 17.7. The van der Waals surface area contributed by atoms with Crippen molar-refractivity contribution in [3.05, 3.63) is 29.6 Å². The topological polar surface area (TPSA) is 73.7 Å². The number of aliphatic hydroxyl groups is 1. The van der Waals surface area contributed by atoms with Crippen LogP contribution in [0.1, 0.15) is 23.0 Å². The van der Waals surface area contributed by atoms with E-state index in [1.165, 1.54) is 12.3 Å². The summed E-state index contributed by atoms with van der Waals surface area (Å²) < 4.78 is 0. The number of likely N-dealkylation sites (N-methyl/N-ethyl adjacent to an activating group) is 1. The number of nitrogens with zero attached hydrogens (tertiary/aromatic N) is 2. The lowest BCUT2D eigenvalue weighted by Gasteiger charge is -2.22. The molecule has 16 heavy (non-hydrogen) atoms. The first-order chi connectivity index (χ1) is 7.54. The molecular weight excluding hydrogens is 208 g/mol. The molecular formula is C11H16N2O3. The molecule has 5 nitrogen and oxygen atoms in total. The molecule has 0 spiro atoms. The highest BCUT2D eigenvalue weighted by Gasteiger charge is 2.09. The van der Waals surface area contributed by atoms with Gasteiger partial charge in [0.1, 0.15) is 0 Å². The van der Waals surface area contributed by atoms with Gasteiger partial charge in [0.25, 0.3) is 0 Å². The Labute approximate surface area is 94.4 Å². The number of aromatic carboxylic acids is 1. The summed E-state index contributed by atoms with van der Waals surface area (Å²) >= 11 is 0. The van der Waals surface area contributed by atoms with E-state index in [2.05, 4.69) is 4.98 Å². The molecule has 0 aliphatic rings. The van der Waals surface area contributed by atoms with Crippen LogP contribution in [0.25, 0.3) is 0 Å². The van der Waals surface area contributed by atoms with Crippen LogP contribution < -0.4 is 0 Å². The number of pyridine rings is 1. The second-order valence-corrected chi connectivity index (χ2v) is 3.79. The van der Waals surface area contributed by atoms with E-state index in [1.807, 2.05) is 18.9 Å². The number of aliphatic hydroxyl groups excluding tert-OH is 1. The quantitative estimate of drug-likeness (QED) is 0.765. The maximum absolute atomic E-state index is 10.6. The Morgan fingerprint density at radius 3 is 2.69 bits per heavy atom. The predicted molar refractivity (Wildman–Crippen MR) is 59.2 cm³/mol. The summed E-state index contributed by atoms with van der Waals surface area (Å²) in [5.74, 6) is -0.976. The second-order valence-electron chi connectivity index (χ2n) is 3.79. The van der Waals surface area contributed by atoms with Gasteiger partial charge in [-0.05, 0) is 26.1 Å². The maximum atomic E-state index is 10.6. The first kappa shape index (κ1) is 12.6. The van der Waals surface area contributed by atoms with E-state index in [-0.39, 0.29) is 18.2 Å². The number of hydrogen-bond acceptors (Lipinski definition) is 4. The molecule has 2 N–H and O–H groups in total. The molecule has 1 atom stereocenters. The number of carboxylic acids is 1. The van der Waals surface area contributed by atoms with Crippen LogP contribution in [0, 0.1) is 0 Å². The van der Waals surface area contributed by atoms with Gasteiger partial charge in [-0.2, -0.15) is 0 Å². The smallest absolute Gasteiger partial charge is 0.337 e. The summed E-state index contributed by atoms with van der Waals surface area (Å²) in [4.78, 5) is 16.6. The Bertz CT molecular complexity index is 351. The predicted octanol–water partition coefficient (Wildman–Crippen LogP) is 0.592. The summed E-state index contributed by atoms with van der Waals surface area (Å²) in [5.41, 5.74) is 0.967. The normalized spacial score (nSPS) is 12.8. The van der Waals surface area contributed by atoms with Crippen LogP contribution in [0.3, 0.4) is 0 Å². The van der Waals surface area contributed by atoms with E-state index in [1.54, 1.807) is 6.07 Å². The molecule has 0 aromatic carbocycles. The fourth-order valence-corrected chi connectivity index (χ4v) is 1.20. The van der Waals surface area contributed by atoms with Crippen molar-refractivity contribution in [2.45, 2.75) is 19.5 Å². The van der Waals surface area contributed by atoms with Gasteiger partial charge in [0.05, 0.1) is 17.9 Å². The fraction of sp³-hybridized carbons (Fsp3) is 0.455. The van der Waals surface area contributed by atoms with Crippen molar-refractivity contribution in [1.82, 2.24) is 9.88 Å². The molecule has 0 saturated carbocycles. The molecule has 0 aliphatic heterocycles. The molecule has 1 aromatic rings. The Hall–Kier alpha value is -1.46. The number of hydrogen-bond donors (Lipinski definition) is 2. The molecule has 0 radical (unpaired) electrons. The van der Waals surface area contributed by atoms with Crippen molar-refractivity contribution in [3.63, 3.8) is 0 Å². The molecule has 0 amide bonds. The highest BCUT2D eigenvalue weighted by Crippen LogP contribution is 2.05. The molecule has 1 rings (SSSR count). The zero-order valence-electron chi connectivity index (χ0n) is 9.42. The van der Waals surface area contributed by atoms with E-state index < -0.39 is 5.97 Å². The standard InChI is InChI=1S/C11H16N2O3/c1-8(7-14)13(2)6-10-4-3-9(5-12-10)11(15)16/h3-5,8,14H,6-7H2,1-2H3,(H,15,16). The molecule has 1 unspecified atom stereocenters. The maximum Gasteiger partial charge on any atom is 0.337 e. The molecule has 5 heteroatoms. The molecule has 0 aliphatic carbocycles. The third kappa shape index (κ3) is 3.29. The van der Waals surface area contributed by atoms with Crippen molar-refractivity contribution >= 4 is 5.97 Å². The Kier molecular flexibility index (Phi) is 4.39. The van der Waals surface area contributed by atoms with E-state index in [0.29, 0.717) is 6.54 Å². The van der Waals surface area contributed by atoms with E-state index >= 15 is 0 Å². The first-order valence-electron chi connectivity index (χ1n) is 5.04. The lowest BCUT2D eigenvalue weighted by atomic mass is 10.2. The number of aromatic nitrogens is 1. The summed E-state index contributed by atoms with van der Waals surface area (Å²) in [7, 11) is 1.88. The minimum atomic E-state index is -0.976. The van der Waals surface area contributed by atoms with E-state index in [4.69, 9.17) is 10.2 Å². The highest BCUT2D eigenvalue weighted by atomic mass is 16.4.